The van der Waals surface area contributed by atoms with Gasteiger partial charge in [-0.2, -0.15) is 0 Å². The molecule has 28 heavy (non-hydrogen) atoms. The second kappa shape index (κ2) is 8.65. The molecular formula is C23H31N2O3+. The van der Waals surface area contributed by atoms with Gasteiger partial charge in [0.25, 0.3) is 5.91 Å². The Balaban J connectivity index is 1.76. The molecule has 1 saturated heterocycles. The number of quaternary nitrogens is 1. The highest BCUT2D eigenvalue weighted by Gasteiger charge is 2.34. The number of rotatable bonds is 6. The minimum absolute atomic E-state index is 0.0545. The van der Waals surface area contributed by atoms with Crippen LogP contribution in [0.15, 0.2) is 30.3 Å². The molecule has 5 nitrogen and oxygen atoms in total. The number of anilines is 1. The van der Waals surface area contributed by atoms with E-state index in [-0.39, 0.29) is 11.9 Å². The van der Waals surface area contributed by atoms with Crippen LogP contribution in [0, 0.1) is 20.8 Å². The van der Waals surface area contributed by atoms with Crippen LogP contribution < -0.4 is 19.7 Å². The van der Waals surface area contributed by atoms with Crippen molar-refractivity contribution in [2.45, 2.75) is 39.7 Å². The van der Waals surface area contributed by atoms with Crippen molar-refractivity contribution in [3.05, 3.63) is 52.6 Å². The summed E-state index contributed by atoms with van der Waals surface area (Å²) in [7, 11) is 3.36. The normalized spacial score (nSPS) is 18.8. The van der Waals surface area contributed by atoms with E-state index in [1.807, 2.05) is 32.0 Å². The van der Waals surface area contributed by atoms with Crippen LogP contribution in [-0.4, -0.2) is 33.2 Å². The number of carbonyl (C=O) groups is 1. The smallest absolute Gasteiger partial charge is 0.279 e. The van der Waals surface area contributed by atoms with Crippen molar-refractivity contribution in [3.63, 3.8) is 0 Å². The highest BCUT2D eigenvalue weighted by atomic mass is 16.5. The molecule has 2 aromatic carbocycles. The zero-order chi connectivity index (χ0) is 20.3. The summed E-state index contributed by atoms with van der Waals surface area (Å²) in [5, 5.41) is 3.14. The molecule has 2 atom stereocenters. The van der Waals surface area contributed by atoms with Gasteiger partial charge < -0.3 is 19.7 Å². The molecule has 0 aliphatic carbocycles. The van der Waals surface area contributed by atoms with Crippen molar-refractivity contribution < 1.29 is 19.2 Å². The van der Waals surface area contributed by atoms with Crippen LogP contribution in [0.4, 0.5) is 5.69 Å². The molecule has 1 fully saturated rings. The van der Waals surface area contributed by atoms with E-state index >= 15 is 0 Å². The van der Waals surface area contributed by atoms with E-state index < -0.39 is 0 Å². The minimum Gasteiger partial charge on any atom is -0.497 e. The van der Waals surface area contributed by atoms with Crippen molar-refractivity contribution in [2.75, 3.05) is 32.6 Å². The summed E-state index contributed by atoms with van der Waals surface area (Å²) >= 11 is 0. The lowest BCUT2D eigenvalue weighted by atomic mass is 10.0. The standard InChI is InChI=1S/C23H30N2O3/c1-15-11-16(2)23(17(3)12-15)24-22(26)14-25-10-6-7-20(25)19-13-18(27-4)8-9-21(19)28-5/h8-9,11-13,20H,6-7,10,14H2,1-5H3,(H,24,26)/p+1/t20-/m0/s1. The van der Waals surface area contributed by atoms with Crippen LogP contribution in [0.1, 0.15) is 41.1 Å². The fourth-order valence-electron chi connectivity index (χ4n) is 4.38. The van der Waals surface area contributed by atoms with Gasteiger partial charge >= 0.3 is 0 Å². The van der Waals surface area contributed by atoms with Gasteiger partial charge in [-0.05, 0) is 50.1 Å². The summed E-state index contributed by atoms with van der Waals surface area (Å²) in [6, 6.07) is 10.3. The Kier molecular flexibility index (Phi) is 6.25. The SMILES string of the molecule is COc1ccc(OC)c([C@@H]2CCC[NH+]2CC(=O)Nc2c(C)cc(C)cc2C)c1. The highest BCUT2D eigenvalue weighted by molar-refractivity contribution is 5.93. The average Bonchev–Trinajstić information content (AvgIpc) is 3.11. The van der Waals surface area contributed by atoms with Gasteiger partial charge in [0.1, 0.15) is 17.5 Å². The first kappa shape index (κ1) is 20.2. The molecule has 2 N–H and O–H groups in total. The number of hydrogen-bond acceptors (Lipinski definition) is 3. The summed E-state index contributed by atoms with van der Waals surface area (Å²) in [5.74, 6) is 1.73. The van der Waals surface area contributed by atoms with E-state index in [2.05, 4.69) is 24.4 Å². The van der Waals surface area contributed by atoms with Gasteiger partial charge in [-0.3, -0.25) is 4.79 Å². The lowest BCUT2D eigenvalue weighted by molar-refractivity contribution is -0.910. The Morgan fingerprint density at radius 3 is 2.46 bits per heavy atom. The molecule has 2 aromatic rings. The molecule has 0 saturated carbocycles. The molecule has 1 aliphatic heterocycles. The van der Waals surface area contributed by atoms with Crippen molar-refractivity contribution in [3.8, 4) is 11.5 Å². The second-order valence-electron chi connectivity index (χ2n) is 7.71. The molecule has 0 bridgehead atoms. The third kappa shape index (κ3) is 4.30. The van der Waals surface area contributed by atoms with Crippen LogP contribution >= 0.6 is 0 Å². The molecular weight excluding hydrogens is 352 g/mol. The molecule has 0 spiro atoms. The first-order valence-electron chi connectivity index (χ1n) is 9.87. The quantitative estimate of drug-likeness (QED) is 0.806. The number of amides is 1. The topological polar surface area (TPSA) is 52.0 Å². The number of ether oxygens (including phenoxy) is 2. The number of likely N-dealkylation sites (tertiary alicyclic amines) is 1. The number of nitrogens with one attached hydrogen (secondary N) is 2. The maximum Gasteiger partial charge on any atom is 0.279 e. The lowest BCUT2D eigenvalue weighted by Gasteiger charge is -2.23. The highest BCUT2D eigenvalue weighted by Crippen LogP contribution is 2.31. The molecule has 1 unspecified atom stereocenters. The summed E-state index contributed by atoms with van der Waals surface area (Å²) in [5.41, 5.74) is 5.47. The van der Waals surface area contributed by atoms with E-state index in [1.165, 1.54) is 10.5 Å². The zero-order valence-electron chi connectivity index (χ0n) is 17.5. The number of methoxy groups -OCH3 is 2. The first-order valence-corrected chi connectivity index (χ1v) is 9.87. The predicted octanol–water partition coefficient (Wildman–Crippen LogP) is 2.99. The summed E-state index contributed by atoms with van der Waals surface area (Å²) in [4.78, 5) is 14.1. The summed E-state index contributed by atoms with van der Waals surface area (Å²) in [6.07, 6.45) is 2.13. The average molecular weight is 384 g/mol. The third-order valence-corrected chi connectivity index (χ3v) is 5.62. The lowest BCUT2D eigenvalue weighted by Crippen LogP contribution is -3.11. The van der Waals surface area contributed by atoms with Gasteiger partial charge in [0.15, 0.2) is 6.54 Å². The maximum atomic E-state index is 12.8. The van der Waals surface area contributed by atoms with Gasteiger partial charge in [-0.25, -0.2) is 0 Å². The fraction of sp³-hybridized carbons (Fsp3) is 0.435. The monoisotopic (exact) mass is 383 g/mol. The molecule has 0 aromatic heterocycles. The van der Waals surface area contributed by atoms with E-state index in [0.717, 1.165) is 53.3 Å². The molecule has 1 aliphatic rings. The zero-order valence-corrected chi connectivity index (χ0v) is 17.5. The van der Waals surface area contributed by atoms with Gasteiger partial charge in [0, 0.05) is 18.5 Å². The van der Waals surface area contributed by atoms with Crippen LogP contribution in [0.3, 0.4) is 0 Å². The van der Waals surface area contributed by atoms with Crippen molar-refractivity contribution >= 4 is 11.6 Å². The summed E-state index contributed by atoms with van der Waals surface area (Å²) < 4.78 is 11.0. The molecule has 1 amide bonds. The predicted molar refractivity (Wildman–Crippen MR) is 112 cm³/mol. The Bertz CT molecular complexity index is 840. The molecule has 150 valence electrons. The number of benzene rings is 2. The molecule has 5 heteroatoms. The minimum atomic E-state index is 0.0545. The molecule has 1 heterocycles. The van der Waals surface area contributed by atoms with E-state index in [9.17, 15) is 4.79 Å². The van der Waals surface area contributed by atoms with Crippen molar-refractivity contribution in [2.24, 2.45) is 0 Å². The fourth-order valence-corrected chi connectivity index (χ4v) is 4.38. The van der Waals surface area contributed by atoms with E-state index in [4.69, 9.17) is 9.47 Å². The van der Waals surface area contributed by atoms with Crippen molar-refractivity contribution in [1.29, 1.82) is 0 Å². The van der Waals surface area contributed by atoms with Crippen LogP contribution in [0.5, 0.6) is 11.5 Å². The molecule has 0 radical (unpaired) electrons. The Hall–Kier alpha value is -2.53. The van der Waals surface area contributed by atoms with Gasteiger partial charge in [0.2, 0.25) is 0 Å². The maximum absolute atomic E-state index is 12.8. The Morgan fingerprint density at radius 2 is 1.82 bits per heavy atom. The number of aryl methyl sites for hydroxylation is 3. The van der Waals surface area contributed by atoms with Crippen molar-refractivity contribution in [1.82, 2.24) is 0 Å². The van der Waals surface area contributed by atoms with E-state index in [1.54, 1.807) is 14.2 Å². The number of carbonyl (C=O) groups excluding carboxylic acids is 1. The van der Waals surface area contributed by atoms with Gasteiger partial charge in [-0.1, -0.05) is 17.7 Å². The summed E-state index contributed by atoms with van der Waals surface area (Å²) in [6.45, 7) is 7.58. The second-order valence-corrected chi connectivity index (χ2v) is 7.71. The Morgan fingerprint density at radius 1 is 1.11 bits per heavy atom. The van der Waals surface area contributed by atoms with Gasteiger partial charge in [0.05, 0.1) is 26.3 Å². The Labute approximate surface area is 167 Å². The van der Waals surface area contributed by atoms with Crippen LogP contribution in [0.25, 0.3) is 0 Å². The third-order valence-electron chi connectivity index (χ3n) is 5.62. The van der Waals surface area contributed by atoms with Crippen LogP contribution in [0.2, 0.25) is 0 Å². The first-order chi connectivity index (χ1) is 13.4. The van der Waals surface area contributed by atoms with Crippen LogP contribution in [-0.2, 0) is 4.79 Å². The van der Waals surface area contributed by atoms with Gasteiger partial charge in [-0.15, -0.1) is 0 Å². The number of hydrogen-bond donors (Lipinski definition) is 2. The largest absolute Gasteiger partial charge is 0.497 e. The van der Waals surface area contributed by atoms with E-state index in [0.29, 0.717) is 6.54 Å². The molecule has 3 rings (SSSR count).